The first-order valence-electron chi connectivity index (χ1n) is 6.27. The molecular formula is C11H20N6O3. The number of aromatic nitrogens is 2. The molecule has 0 fully saturated rings. The van der Waals surface area contributed by atoms with E-state index in [0.717, 1.165) is 0 Å². The van der Waals surface area contributed by atoms with Gasteiger partial charge in [-0.3, -0.25) is 10.1 Å². The maximum absolute atomic E-state index is 11.3. The maximum Gasteiger partial charge on any atom is 0.333 e. The van der Waals surface area contributed by atoms with Crippen molar-refractivity contribution >= 4 is 17.5 Å². The number of hydrogen-bond donors (Lipinski definition) is 2. The fourth-order valence-corrected chi connectivity index (χ4v) is 1.70. The SMILES string of the molecule is CCc1nn(C)c(NCCNC(=O)N(C)C)c1[N+](=O)[O-]. The van der Waals surface area contributed by atoms with Crippen LogP contribution in [0.2, 0.25) is 0 Å². The highest BCUT2D eigenvalue weighted by atomic mass is 16.6. The molecule has 9 heteroatoms. The monoisotopic (exact) mass is 284 g/mol. The van der Waals surface area contributed by atoms with Gasteiger partial charge in [-0.2, -0.15) is 5.10 Å². The smallest absolute Gasteiger partial charge is 0.333 e. The molecule has 0 saturated carbocycles. The third-order valence-electron chi connectivity index (χ3n) is 2.71. The van der Waals surface area contributed by atoms with Crippen LogP contribution in [0.1, 0.15) is 12.6 Å². The second-order valence-electron chi connectivity index (χ2n) is 4.43. The molecule has 0 unspecified atom stereocenters. The molecule has 1 aromatic heterocycles. The summed E-state index contributed by atoms with van der Waals surface area (Å²) in [7, 11) is 4.93. The summed E-state index contributed by atoms with van der Waals surface area (Å²) in [5.74, 6) is 0.353. The van der Waals surface area contributed by atoms with Crippen molar-refractivity contribution in [3.8, 4) is 0 Å². The van der Waals surface area contributed by atoms with E-state index in [2.05, 4.69) is 15.7 Å². The number of anilines is 1. The van der Waals surface area contributed by atoms with Crippen molar-refractivity contribution in [2.24, 2.45) is 7.05 Å². The molecule has 0 aliphatic carbocycles. The van der Waals surface area contributed by atoms with E-state index in [1.165, 1.54) is 9.58 Å². The van der Waals surface area contributed by atoms with Gasteiger partial charge in [0.25, 0.3) is 0 Å². The number of amides is 2. The van der Waals surface area contributed by atoms with E-state index >= 15 is 0 Å². The molecular weight excluding hydrogens is 264 g/mol. The summed E-state index contributed by atoms with van der Waals surface area (Å²) in [6, 6.07) is -0.208. The van der Waals surface area contributed by atoms with E-state index in [9.17, 15) is 14.9 Å². The number of nitrogens with one attached hydrogen (secondary N) is 2. The number of aryl methyl sites for hydroxylation is 2. The molecule has 0 atom stereocenters. The van der Waals surface area contributed by atoms with Gasteiger partial charge in [0.2, 0.25) is 5.82 Å². The Morgan fingerprint density at radius 3 is 2.60 bits per heavy atom. The highest BCUT2D eigenvalue weighted by Crippen LogP contribution is 2.27. The summed E-state index contributed by atoms with van der Waals surface area (Å²) in [5.41, 5.74) is 0.436. The topological polar surface area (TPSA) is 105 Å². The van der Waals surface area contributed by atoms with Crippen LogP contribution >= 0.6 is 0 Å². The second kappa shape index (κ2) is 6.73. The summed E-state index contributed by atoms with van der Waals surface area (Å²) in [6.07, 6.45) is 0.489. The van der Waals surface area contributed by atoms with Crippen molar-refractivity contribution in [2.75, 3.05) is 32.5 Å². The Morgan fingerprint density at radius 2 is 2.10 bits per heavy atom. The zero-order chi connectivity index (χ0) is 15.3. The average molecular weight is 284 g/mol. The normalized spacial score (nSPS) is 10.2. The van der Waals surface area contributed by atoms with E-state index < -0.39 is 4.92 Å². The molecule has 1 rings (SSSR count). The summed E-state index contributed by atoms with van der Waals surface area (Å²) in [4.78, 5) is 23.4. The summed E-state index contributed by atoms with van der Waals surface area (Å²) in [6.45, 7) is 2.56. The molecule has 20 heavy (non-hydrogen) atoms. The molecule has 0 saturated heterocycles. The minimum absolute atomic E-state index is 0.00561. The van der Waals surface area contributed by atoms with Crippen LogP contribution in [0, 0.1) is 10.1 Å². The maximum atomic E-state index is 11.3. The van der Waals surface area contributed by atoms with Gasteiger partial charge in [-0.1, -0.05) is 6.92 Å². The zero-order valence-corrected chi connectivity index (χ0v) is 12.1. The molecule has 2 N–H and O–H groups in total. The van der Waals surface area contributed by atoms with Gasteiger partial charge in [0.15, 0.2) is 0 Å². The number of nitro groups is 1. The quantitative estimate of drug-likeness (QED) is 0.451. The predicted molar refractivity (Wildman–Crippen MR) is 74.8 cm³/mol. The summed E-state index contributed by atoms with van der Waals surface area (Å²) >= 11 is 0. The third-order valence-corrected chi connectivity index (χ3v) is 2.71. The van der Waals surface area contributed by atoms with E-state index in [0.29, 0.717) is 31.0 Å². The number of rotatable bonds is 6. The first-order chi connectivity index (χ1) is 9.38. The Labute approximate surface area is 117 Å². The molecule has 0 aliphatic heterocycles. The number of hydrogen-bond acceptors (Lipinski definition) is 5. The minimum Gasteiger partial charge on any atom is -0.363 e. The van der Waals surface area contributed by atoms with Crippen LogP contribution in [-0.2, 0) is 13.5 Å². The molecule has 0 aromatic carbocycles. The standard InChI is InChI=1S/C11H20N6O3/c1-5-8-9(17(19)20)10(16(4)14-8)12-6-7-13-11(18)15(2)3/h12H,5-7H2,1-4H3,(H,13,18). The highest BCUT2D eigenvalue weighted by Gasteiger charge is 2.25. The van der Waals surface area contributed by atoms with Crippen molar-refractivity contribution in [2.45, 2.75) is 13.3 Å². The number of nitrogens with zero attached hydrogens (tertiary/aromatic N) is 4. The van der Waals surface area contributed by atoms with Crippen LogP contribution < -0.4 is 10.6 Å². The van der Waals surface area contributed by atoms with E-state index in [1.807, 2.05) is 6.92 Å². The summed E-state index contributed by atoms with van der Waals surface area (Å²) < 4.78 is 1.45. The lowest BCUT2D eigenvalue weighted by Gasteiger charge is -2.12. The largest absolute Gasteiger partial charge is 0.363 e. The lowest BCUT2D eigenvalue weighted by Crippen LogP contribution is -2.37. The molecule has 112 valence electrons. The van der Waals surface area contributed by atoms with E-state index in [1.54, 1.807) is 21.1 Å². The third kappa shape index (κ3) is 3.59. The van der Waals surface area contributed by atoms with E-state index in [-0.39, 0.29) is 11.7 Å². The van der Waals surface area contributed by atoms with Gasteiger partial charge in [-0.25, -0.2) is 9.48 Å². The van der Waals surface area contributed by atoms with Gasteiger partial charge >= 0.3 is 11.7 Å². The molecule has 0 radical (unpaired) electrons. The van der Waals surface area contributed by atoms with Crippen LogP contribution in [-0.4, -0.2) is 52.8 Å². The van der Waals surface area contributed by atoms with Crippen molar-refractivity contribution < 1.29 is 9.72 Å². The molecule has 2 amide bonds. The van der Waals surface area contributed by atoms with Crippen LogP contribution in [0.25, 0.3) is 0 Å². The van der Waals surface area contributed by atoms with Gasteiger partial charge in [0.1, 0.15) is 5.69 Å². The number of carbonyl (C=O) groups excluding carboxylic acids is 1. The average Bonchev–Trinajstić information content (AvgIpc) is 2.70. The minimum atomic E-state index is -0.438. The first-order valence-corrected chi connectivity index (χ1v) is 6.27. The van der Waals surface area contributed by atoms with Crippen LogP contribution in [0.3, 0.4) is 0 Å². The van der Waals surface area contributed by atoms with Gasteiger partial charge in [-0.05, 0) is 6.42 Å². The van der Waals surface area contributed by atoms with Crippen LogP contribution in [0.15, 0.2) is 0 Å². The van der Waals surface area contributed by atoms with E-state index in [4.69, 9.17) is 0 Å². The van der Waals surface area contributed by atoms with Crippen molar-refractivity contribution in [1.82, 2.24) is 20.0 Å². The lowest BCUT2D eigenvalue weighted by molar-refractivity contribution is -0.384. The van der Waals surface area contributed by atoms with Gasteiger partial charge in [0.05, 0.1) is 4.92 Å². The zero-order valence-electron chi connectivity index (χ0n) is 12.1. The Morgan fingerprint density at radius 1 is 1.45 bits per heavy atom. The molecule has 1 heterocycles. The Hall–Kier alpha value is -2.32. The number of carbonyl (C=O) groups is 1. The van der Waals surface area contributed by atoms with Crippen molar-refractivity contribution in [3.63, 3.8) is 0 Å². The Balaban J connectivity index is 2.66. The molecule has 0 bridgehead atoms. The summed E-state index contributed by atoms with van der Waals surface area (Å²) in [5, 5.41) is 20.8. The van der Waals surface area contributed by atoms with Crippen LogP contribution in [0.5, 0.6) is 0 Å². The second-order valence-corrected chi connectivity index (χ2v) is 4.43. The Bertz CT molecular complexity index is 497. The molecule has 0 spiro atoms. The number of urea groups is 1. The molecule has 1 aromatic rings. The molecule has 9 nitrogen and oxygen atoms in total. The van der Waals surface area contributed by atoms with Gasteiger partial charge in [0, 0.05) is 34.2 Å². The lowest BCUT2D eigenvalue weighted by atomic mass is 10.3. The fraction of sp³-hybridized carbons (Fsp3) is 0.636. The van der Waals surface area contributed by atoms with Crippen molar-refractivity contribution in [3.05, 3.63) is 15.8 Å². The Kier molecular flexibility index (Phi) is 5.30. The molecule has 0 aliphatic rings. The van der Waals surface area contributed by atoms with Gasteiger partial charge < -0.3 is 15.5 Å². The van der Waals surface area contributed by atoms with Crippen molar-refractivity contribution in [1.29, 1.82) is 0 Å². The van der Waals surface area contributed by atoms with Crippen LogP contribution in [0.4, 0.5) is 16.3 Å². The highest BCUT2D eigenvalue weighted by molar-refractivity contribution is 5.73. The predicted octanol–water partition coefficient (Wildman–Crippen LogP) is 0.574. The fourth-order valence-electron chi connectivity index (χ4n) is 1.70. The first kappa shape index (κ1) is 15.7. The van der Waals surface area contributed by atoms with Gasteiger partial charge in [-0.15, -0.1) is 0 Å².